The molecule has 0 radical (unpaired) electrons. The number of piperazine rings is 1. The van der Waals surface area contributed by atoms with Gasteiger partial charge in [-0.05, 0) is 50.2 Å². The third kappa shape index (κ3) is 4.47. The standard InChI is InChI=1S/C25H25ClN6O2/c1-17-23(18(2)32(28-17)21-6-4-3-5-7-21)25(33)31-14-12-30(13-15-31)16-22-27-24(29-34-22)19-8-10-20(26)11-9-19/h3-11H,12-16H2,1-2H3. The van der Waals surface area contributed by atoms with Gasteiger partial charge in [-0.2, -0.15) is 10.1 Å². The van der Waals surface area contributed by atoms with Crippen molar-refractivity contribution in [3.63, 3.8) is 0 Å². The Morgan fingerprint density at radius 1 is 1.00 bits per heavy atom. The number of aromatic nitrogens is 4. The lowest BCUT2D eigenvalue weighted by molar-refractivity contribution is 0.0613. The summed E-state index contributed by atoms with van der Waals surface area (Å²) in [6.07, 6.45) is 0. The van der Waals surface area contributed by atoms with Gasteiger partial charge in [-0.15, -0.1) is 0 Å². The van der Waals surface area contributed by atoms with Gasteiger partial charge in [-0.3, -0.25) is 9.69 Å². The van der Waals surface area contributed by atoms with E-state index < -0.39 is 0 Å². The predicted molar refractivity (Wildman–Crippen MR) is 129 cm³/mol. The molecule has 0 saturated carbocycles. The van der Waals surface area contributed by atoms with E-state index >= 15 is 0 Å². The maximum atomic E-state index is 13.3. The van der Waals surface area contributed by atoms with Gasteiger partial charge in [0.2, 0.25) is 11.7 Å². The van der Waals surface area contributed by atoms with Crippen molar-refractivity contribution in [3.8, 4) is 17.1 Å². The summed E-state index contributed by atoms with van der Waals surface area (Å²) < 4.78 is 7.28. The molecule has 2 aromatic heterocycles. The Kier molecular flexibility index (Phi) is 6.17. The number of amides is 1. The number of benzene rings is 2. The number of rotatable bonds is 5. The Labute approximate surface area is 202 Å². The summed E-state index contributed by atoms with van der Waals surface area (Å²) in [4.78, 5) is 22.0. The first-order valence-electron chi connectivity index (χ1n) is 11.2. The Balaban J connectivity index is 1.22. The number of aryl methyl sites for hydroxylation is 1. The van der Waals surface area contributed by atoms with Crippen LogP contribution in [0.3, 0.4) is 0 Å². The van der Waals surface area contributed by atoms with Gasteiger partial charge in [0.15, 0.2) is 0 Å². The molecule has 34 heavy (non-hydrogen) atoms. The van der Waals surface area contributed by atoms with Crippen LogP contribution < -0.4 is 0 Å². The zero-order chi connectivity index (χ0) is 23.7. The van der Waals surface area contributed by atoms with E-state index in [1.54, 1.807) is 12.1 Å². The molecule has 0 N–H and O–H groups in total. The van der Waals surface area contributed by atoms with Gasteiger partial charge in [-0.25, -0.2) is 4.68 Å². The Hall–Kier alpha value is -3.49. The molecule has 0 unspecified atom stereocenters. The van der Waals surface area contributed by atoms with E-state index in [2.05, 4.69) is 20.1 Å². The van der Waals surface area contributed by atoms with Crippen molar-refractivity contribution >= 4 is 17.5 Å². The summed E-state index contributed by atoms with van der Waals surface area (Å²) in [5.41, 5.74) is 4.09. The van der Waals surface area contributed by atoms with Gasteiger partial charge in [0.1, 0.15) is 0 Å². The summed E-state index contributed by atoms with van der Waals surface area (Å²) in [6, 6.07) is 17.2. The molecule has 2 aromatic carbocycles. The Morgan fingerprint density at radius 3 is 2.41 bits per heavy atom. The third-order valence-corrected chi connectivity index (χ3v) is 6.35. The van der Waals surface area contributed by atoms with Crippen LogP contribution in [0.4, 0.5) is 0 Å². The van der Waals surface area contributed by atoms with Crippen LogP contribution in [0, 0.1) is 13.8 Å². The van der Waals surface area contributed by atoms with E-state index in [-0.39, 0.29) is 5.91 Å². The zero-order valence-electron chi connectivity index (χ0n) is 19.1. The van der Waals surface area contributed by atoms with Crippen molar-refractivity contribution in [2.75, 3.05) is 26.2 Å². The van der Waals surface area contributed by atoms with Crippen molar-refractivity contribution in [1.29, 1.82) is 0 Å². The number of carbonyl (C=O) groups is 1. The van der Waals surface area contributed by atoms with E-state index in [4.69, 9.17) is 16.1 Å². The average Bonchev–Trinajstić information content (AvgIpc) is 3.44. The van der Waals surface area contributed by atoms with E-state index in [1.807, 2.05) is 65.9 Å². The number of hydrogen-bond donors (Lipinski definition) is 0. The largest absolute Gasteiger partial charge is 0.338 e. The molecule has 0 atom stereocenters. The lowest BCUT2D eigenvalue weighted by Crippen LogP contribution is -2.48. The third-order valence-electron chi connectivity index (χ3n) is 6.09. The fraction of sp³-hybridized carbons (Fsp3) is 0.280. The van der Waals surface area contributed by atoms with Crippen LogP contribution in [0.2, 0.25) is 5.02 Å². The van der Waals surface area contributed by atoms with E-state index in [0.29, 0.717) is 41.9 Å². The zero-order valence-corrected chi connectivity index (χ0v) is 19.9. The topological polar surface area (TPSA) is 80.3 Å². The van der Waals surface area contributed by atoms with Crippen LogP contribution in [-0.2, 0) is 6.54 Å². The average molecular weight is 477 g/mol. The molecular formula is C25H25ClN6O2. The van der Waals surface area contributed by atoms with Crippen LogP contribution in [0.5, 0.6) is 0 Å². The van der Waals surface area contributed by atoms with Crippen LogP contribution in [-0.4, -0.2) is 61.8 Å². The second kappa shape index (κ2) is 9.40. The van der Waals surface area contributed by atoms with Crippen molar-refractivity contribution in [1.82, 2.24) is 29.7 Å². The highest BCUT2D eigenvalue weighted by Crippen LogP contribution is 2.22. The van der Waals surface area contributed by atoms with E-state index in [1.165, 1.54) is 0 Å². The smallest absolute Gasteiger partial charge is 0.257 e. The van der Waals surface area contributed by atoms with Crippen LogP contribution >= 0.6 is 11.6 Å². The van der Waals surface area contributed by atoms with Gasteiger partial charge in [-0.1, -0.05) is 35.0 Å². The molecule has 1 fully saturated rings. The molecule has 174 valence electrons. The Bertz CT molecular complexity index is 1290. The predicted octanol–water partition coefficient (Wildman–Crippen LogP) is 4.15. The molecule has 0 aliphatic carbocycles. The van der Waals surface area contributed by atoms with Gasteiger partial charge < -0.3 is 9.42 Å². The molecule has 5 rings (SSSR count). The van der Waals surface area contributed by atoms with Gasteiger partial charge >= 0.3 is 0 Å². The SMILES string of the molecule is Cc1nn(-c2ccccc2)c(C)c1C(=O)N1CCN(Cc2nc(-c3ccc(Cl)cc3)no2)CC1. The van der Waals surface area contributed by atoms with Gasteiger partial charge in [0, 0.05) is 36.8 Å². The fourth-order valence-corrected chi connectivity index (χ4v) is 4.39. The van der Waals surface area contributed by atoms with Crippen molar-refractivity contribution in [2.45, 2.75) is 20.4 Å². The summed E-state index contributed by atoms with van der Waals surface area (Å²) in [6.45, 7) is 7.12. The van der Waals surface area contributed by atoms with Crippen LogP contribution in [0.1, 0.15) is 27.6 Å². The molecule has 3 heterocycles. The molecular weight excluding hydrogens is 452 g/mol. The second-order valence-corrected chi connectivity index (χ2v) is 8.82. The number of para-hydroxylation sites is 1. The second-order valence-electron chi connectivity index (χ2n) is 8.38. The number of halogens is 1. The van der Waals surface area contributed by atoms with Crippen LogP contribution in [0.15, 0.2) is 59.1 Å². The number of nitrogens with zero attached hydrogens (tertiary/aromatic N) is 6. The summed E-state index contributed by atoms with van der Waals surface area (Å²) in [7, 11) is 0. The lowest BCUT2D eigenvalue weighted by atomic mass is 10.1. The molecule has 0 spiro atoms. The lowest BCUT2D eigenvalue weighted by Gasteiger charge is -2.34. The minimum absolute atomic E-state index is 0.0275. The molecule has 4 aromatic rings. The highest BCUT2D eigenvalue weighted by atomic mass is 35.5. The van der Waals surface area contributed by atoms with Crippen LogP contribution in [0.25, 0.3) is 17.1 Å². The minimum Gasteiger partial charge on any atom is -0.338 e. The quantitative estimate of drug-likeness (QED) is 0.430. The first-order chi connectivity index (χ1) is 16.5. The molecule has 1 amide bonds. The highest BCUT2D eigenvalue weighted by molar-refractivity contribution is 6.30. The van der Waals surface area contributed by atoms with Crippen molar-refractivity contribution < 1.29 is 9.32 Å². The number of hydrogen-bond acceptors (Lipinski definition) is 6. The molecule has 1 aliphatic rings. The normalized spacial score (nSPS) is 14.5. The monoisotopic (exact) mass is 476 g/mol. The molecule has 1 aliphatic heterocycles. The van der Waals surface area contributed by atoms with E-state index in [9.17, 15) is 4.79 Å². The van der Waals surface area contributed by atoms with Crippen molar-refractivity contribution in [2.24, 2.45) is 0 Å². The van der Waals surface area contributed by atoms with E-state index in [0.717, 1.165) is 35.7 Å². The summed E-state index contributed by atoms with van der Waals surface area (Å²) >= 11 is 5.95. The summed E-state index contributed by atoms with van der Waals surface area (Å²) in [5, 5.41) is 9.37. The summed E-state index contributed by atoms with van der Waals surface area (Å²) in [5.74, 6) is 1.13. The minimum atomic E-state index is 0.0275. The molecule has 8 nitrogen and oxygen atoms in total. The molecule has 1 saturated heterocycles. The highest BCUT2D eigenvalue weighted by Gasteiger charge is 2.28. The van der Waals surface area contributed by atoms with Gasteiger partial charge in [0.25, 0.3) is 5.91 Å². The maximum absolute atomic E-state index is 13.3. The Morgan fingerprint density at radius 2 is 1.71 bits per heavy atom. The maximum Gasteiger partial charge on any atom is 0.257 e. The molecule has 0 bridgehead atoms. The van der Waals surface area contributed by atoms with Gasteiger partial charge in [0.05, 0.1) is 29.2 Å². The fourth-order valence-electron chi connectivity index (χ4n) is 4.27. The number of carbonyl (C=O) groups excluding carboxylic acids is 1. The van der Waals surface area contributed by atoms with Crippen molar-refractivity contribution in [3.05, 3.63) is 82.5 Å². The first kappa shape index (κ1) is 22.3. The molecule has 9 heteroatoms. The first-order valence-corrected chi connectivity index (χ1v) is 11.6.